The average molecular weight is 283 g/mol. The molecule has 0 saturated heterocycles. The molecule has 0 aliphatic carbocycles. The predicted molar refractivity (Wildman–Crippen MR) is 81.9 cm³/mol. The average Bonchev–Trinajstić information content (AvgIpc) is 2.37. The van der Waals surface area contributed by atoms with Crippen molar-refractivity contribution in [2.24, 2.45) is 11.7 Å². The highest BCUT2D eigenvalue weighted by Crippen LogP contribution is 2.24. The van der Waals surface area contributed by atoms with Gasteiger partial charge in [0.2, 0.25) is 0 Å². The van der Waals surface area contributed by atoms with E-state index in [0.29, 0.717) is 18.3 Å². The van der Waals surface area contributed by atoms with Gasteiger partial charge in [-0.3, -0.25) is 4.21 Å². The van der Waals surface area contributed by atoms with Gasteiger partial charge in [0.05, 0.1) is 6.61 Å². The topological polar surface area (TPSA) is 52.3 Å². The SMILES string of the molecule is CCOc1ccccc1C(N)CS(=O)CCC(C)C. The summed E-state index contributed by atoms with van der Waals surface area (Å²) in [6.45, 7) is 6.84. The van der Waals surface area contributed by atoms with Gasteiger partial charge in [0, 0.05) is 33.9 Å². The van der Waals surface area contributed by atoms with E-state index in [9.17, 15) is 4.21 Å². The zero-order valence-electron chi connectivity index (χ0n) is 12.1. The highest BCUT2D eigenvalue weighted by Gasteiger charge is 2.15. The van der Waals surface area contributed by atoms with E-state index >= 15 is 0 Å². The molecule has 2 atom stereocenters. The van der Waals surface area contributed by atoms with Gasteiger partial charge in [-0.1, -0.05) is 32.0 Å². The van der Waals surface area contributed by atoms with Crippen molar-refractivity contribution >= 4 is 10.8 Å². The molecule has 0 amide bonds. The first-order valence-corrected chi connectivity index (χ1v) is 8.35. The normalized spacial score (nSPS) is 14.4. The zero-order valence-corrected chi connectivity index (χ0v) is 12.9. The number of ether oxygens (including phenoxy) is 1. The van der Waals surface area contributed by atoms with Crippen molar-refractivity contribution in [3.05, 3.63) is 29.8 Å². The first kappa shape index (κ1) is 16.2. The van der Waals surface area contributed by atoms with E-state index in [0.717, 1.165) is 23.5 Å². The van der Waals surface area contributed by atoms with Crippen LogP contribution in [-0.2, 0) is 10.8 Å². The van der Waals surface area contributed by atoms with Crippen LogP contribution in [-0.4, -0.2) is 22.3 Å². The minimum Gasteiger partial charge on any atom is -0.494 e. The largest absolute Gasteiger partial charge is 0.494 e. The highest BCUT2D eigenvalue weighted by atomic mass is 32.2. The second kappa shape index (κ2) is 8.33. The van der Waals surface area contributed by atoms with Crippen LogP contribution in [0, 0.1) is 5.92 Å². The fourth-order valence-electron chi connectivity index (χ4n) is 1.81. The Morgan fingerprint density at radius 1 is 1.32 bits per heavy atom. The van der Waals surface area contributed by atoms with E-state index in [1.165, 1.54) is 0 Å². The molecule has 1 aromatic carbocycles. The lowest BCUT2D eigenvalue weighted by Gasteiger charge is -2.16. The first-order valence-electron chi connectivity index (χ1n) is 6.86. The standard InChI is InChI=1S/C15H25NO2S/c1-4-18-15-8-6-5-7-13(15)14(16)11-19(17)10-9-12(2)3/h5-8,12,14H,4,9-11,16H2,1-3H3. The number of para-hydroxylation sites is 1. The van der Waals surface area contributed by atoms with Crippen molar-refractivity contribution in [1.29, 1.82) is 0 Å². The van der Waals surface area contributed by atoms with Gasteiger partial charge in [-0.15, -0.1) is 0 Å². The Morgan fingerprint density at radius 2 is 2.00 bits per heavy atom. The Balaban J connectivity index is 2.62. The van der Waals surface area contributed by atoms with E-state index in [1.807, 2.05) is 31.2 Å². The van der Waals surface area contributed by atoms with Crippen molar-refractivity contribution in [3.8, 4) is 5.75 Å². The number of hydrogen-bond donors (Lipinski definition) is 1. The Kier molecular flexibility index (Phi) is 7.10. The predicted octanol–water partition coefficient (Wildman–Crippen LogP) is 2.88. The van der Waals surface area contributed by atoms with Crippen molar-refractivity contribution in [1.82, 2.24) is 0 Å². The molecule has 0 radical (unpaired) electrons. The van der Waals surface area contributed by atoms with Crippen LogP contribution in [0.2, 0.25) is 0 Å². The Hall–Kier alpha value is -0.870. The van der Waals surface area contributed by atoms with Crippen LogP contribution in [0.25, 0.3) is 0 Å². The van der Waals surface area contributed by atoms with Crippen LogP contribution in [0.5, 0.6) is 5.75 Å². The van der Waals surface area contributed by atoms with E-state index in [-0.39, 0.29) is 6.04 Å². The van der Waals surface area contributed by atoms with Crippen LogP contribution >= 0.6 is 0 Å². The van der Waals surface area contributed by atoms with E-state index < -0.39 is 10.8 Å². The van der Waals surface area contributed by atoms with Crippen LogP contribution < -0.4 is 10.5 Å². The summed E-state index contributed by atoms with van der Waals surface area (Å²) >= 11 is 0. The molecule has 0 heterocycles. The maximum Gasteiger partial charge on any atom is 0.124 e. The molecule has 0 aliphatic rings. The Morgan fingerprint density at radius 3 is 2.63 bits per heavy atom. The summed E-state index contributed by atoms with van der Waals surface area (Å²) < 4.78 is 17.5. The molecule has 2 unspecified atom stereocenters. The van der Waals surface area contributed by atoms with Crippen molar-refractivity contribution < 1.29 is 8.95 Å². The van der Waals surface area contributed by atoms with Gasteiger partial charge in [0.15, 0.2) is 0 Å². The van der Waals surface area contributed by atoms with Gasteiger partial charge in [-0.05, 0) is 25.3 Å². The van der Waals surface area contributed by atoms with E-state index in [4.69, 9.17) is 10.5 Å². The maximum atomic E-state index is 12.0. The zero-order chi connectivity index (χ0) is 14.3. The van der Waals surface area contributed by atoms with Gasteiger partial charge >= 0.3 is 0 Å². The summed E-state index contributed by atoms with van der Waals surface area (Å²) in [5, 5.41) is 0. The minimum absolute atomic E-state index is 0.226. The summed E-state index contributed by atoms with van der Waals surface area (Å²) in [5.41, 5.74) is 7.11. The minimum atomic E-state index is -0.864. The molecule has 0 spiro atoms. The molecule has 108 valence electrons. The molecule has 2 N–H and O–H groups in total. The second-order valence-corrected chi connectivity index (χ2v) is 6.69. The summed E-state index contributed by atoms with van der Waals surface area (Å²) in [5.74, 6) is 2.60. The fraction of sp³-hybridized carbons (Fsp3) is 0.600. The maximum absolute atomic E-state index is 12.0. The van der Waals surface area contributed by atoms with Crippen LogP contribution in [0.3, 0.4) is 0 Å². The molecule has 0 aliphatic heterocycles. The van der Waals surface area contributed by atoms with Crippen LogP contribution in [0.4, 0.5) is 0 Å². The molecule has 0 saturated carbocycles. The number of rotatable bonds is 8. The van der Waals surface area contributed by atoms with Crippen molar-refractivity contribution in [2.45, 2.75) is 33.2 Å². The Bertz CT molecular complexity index is 407. The third-order valence-corrected chi connectivity index (χ3v) is 4.33. The van der Waals surface area contributed by atoms with Crippen molar-refractivity contribution in [2.75, 3.05) is 18.1 Å². The summed E-state index contributed by atoms with van der Waals surface area (Å²) in [4.78, 5) is 0. The fourth-order valence-corrected chi connectivity index (χ4v) is 3.30. The molecule has 0 fully saturated rings. The molecule has 19 heavy (non-hydrogen) atoms. The third-order valence-electron chi connectivity index (χ3n) is 2.91. The summed E-state index contributed by atoms with van der Waals surface area (Å²) in [6.07, 6.45) is 0.979. The molecule has 0 bridgehead atoms. The van der Waals surface area contributed by atoms with Gasteiger partial charge in [-0.2, -0.15) is 0 Å². The van der Waals surface area contributed by atoms with E-state index in [1.54, 1.807) is 0 Å². The number of nitrogens with two attached hydrogens (primary N) is 1. The lowest BCUT2D eigenvalue weighted by Crippen LogP contribution is -2.21. The molecule has 0 aromatic heterocycles. The number of benzene rings is 1. The van der Waals surface area contributed by atoms with Crippen LogP contribution in [0.1, 0.15) is 38.8 Å². The number of hydrogen-bond acceptors (Lipinski definition) is 3. The van der Waals surface area contributed by atoms with Crippen LogP contribution in [0.15, 0.2) is 24.3 Å². The molecule has 4 heteroatoms. The molecule has 3 nitrogen and oxygen atoms in total. The molecule has 1 rings (SSSR count). The summed E-state index contributed by atoms with van der Waals surface area (Å²) in [6, 6.07) is 7.51. The third kappa shape index (κ3) is 5.74. The summed E-state index contributed by atoms with van der Waals surface area (Å²) in [7, 11) is -0.864. The van der Waals surface area contributed by atoms with Gasteiger partial charge in [-0.25, -0.2) is 0 Å². The quantitative estimate of drug-likeness (QED) is 0.798. The molecule has 1 aromatic rings. The molecular weight excluding hydrogens is 258 g/mol. The lowest BCUT2D eigenvalue weighted by atomic mass is 10.1. The monoisotopic (exact) mass is 283 g/mol. The lowest BCUT2D eigenvalue weighted by molar-refractivity contribution is 0.335. The van der Waals surface area contributed by atoms with E-state index in [2.05, 4.69) is 13.8 Å². The van der Waals surface area contributed by atoms with Gasteiger partial charge in [0.25, 0.3) is 0 Å². The first-order chi connectivity index (χ1) is 9.04. The highest BCUT2D eigenvalue weighted by molar-refractivity contribution is 7.85. The second-order valence-electron chi connectivity index (χ2n) is 5.07. The molecular formula is C15H25NO2S. The smallest absolute Gasteiger partial charge is 0.124 e. The van der Waals surface area contributed by atoms with Gasteiger partial charge in [0.1, 0.15) is 5.75 Å². The van der Waals surface area contributed by atoms with Crippen molar-refractivity contribution in [3.63, 3.8) is 0 Å². The van der Waals surface area contributed by atoms with Gasteiger partial charge < -0.3 is 10.5 Å². The Labute approximate surface area is 119 Å².